The quantitative estimate of drug-likeness (QED) is 0.0570. The van der Waals surface area contributed by atoms with Crippen LogP contribution in [0.2, 0.25) is 0 Å². The SMILES string of the molecule is CCOOCC1OC(OC2C(COOCC)OC(OOCC)C(OC(C)=O)C2OC(C)=O)C(OOCC)C(OC(C)=O)C1OC(C)=O. The molecule has 0 aromatic carbocycles. The van der Waals surface area contributed by atoms with Gasteiger partial charge in [0.25, 0.3) is 0 Å². The molecule has 2 heterocycles. The van der Waals surface area contributed by atoms with E-state index in [2.05, 4.69) is 0 Å². The molecule has 272 valence electrons. The van der Waals surface area contributed by atoms with Gasteiger partial charge < -0.3 is 33.2 Å². The third kappa shape index (κ3) is 13.1. The Morgan fingerprint density at radius 3 is 1.34 bits per heavy atom. The number of hydrogen-bond acceptors (Lipinski definition) is 19. The van der Waals surface area contributed by atoms with Crippen molar-refractivity contribution in [2.45, 2.75) is 117 Å². The summed E-state index contributed by atoms with van der Waals surface area (Å²) in [7, 11) is 0. The van der Waals surface area contributed by atoms with Gasteiger partial charge in [-0.15, -0.1) is 0 Å². The summed E-state index contributed by atoms with van der Waals surface area (Å²) in [5.41, 5.74) is 0. The van der Waals surface area contributed by atoms with Gasteiger partial charge in [0, 0.05) is 27.7 Å². The van der Waals surface area contributed by atoms with Gasteiger partial charge in [0.05, 0.1) is 26.4 Å². The number of esters is 4. The Kier molecular flexibility index (Phi) is 18.5. The Balaban J connectivity index is 2.65. The highest BCUT2D eigenvalue weighted by atomic mass is 17.2. The maximum atomic E-state index is 12.4. The van der Waals surface area contributed by atoms with E-state index >= 15 is 0 Å². The molecule has 10 unspecified atom stereocenters. The van der Waals surface area contributed by atoms with Gasteiger partial charge in [0.15, 0.2) is 36.8 Å². The molecule has 0 aliphatic carbocycles. The number of carbonyl (C=O) groups is 4. The van der Waals surface area contributed by atoms with Crippen molar-refractivity contribution in [3.05, 3.63) is 0 Å². The van der Waals surface area contributed by atoms with Gasteiger partial charge in [-0.3, -0.25) is 19.2 Å². The Bertz CT molecular complexity index is 964. The van der Waals surface area contributed by atoms with Crippen molar-refractivity contribution in [3.8, 4) is 0 Å². The second-order valence-electron chi connectivity index (χ2n) is 9.83. The Hall–Kier alpha value is -2.56. The molecule has 19 heteroatoms. The predicted octanol–water partition coefficient (Wildman–Crippen LogP) is 0.789. The van der Waals surface area contributed by atoms with Crippen LogP contribution >= 0.6 is 0 Å². The molecular weight excluding hydrogens is 640 g/mol. The number of rotatable bonds is 20. The largest absolute Gasteiger partial charge is 0.456 e. The van der Waals surface area contributed by atoms with E-state index in [4.69, 9.17) is 72.3 Å². The minimum absolute atomic E-state index is 0.0313. The molecule has 0 radical (unpaired) electrons. The van der Waals surface area contributed by atoms with Gasteiger partial charge in [-0.25, -0.2) is 39.1 Å². The molecule has 10 atom stereocenters. The second-order valence-corrected chi connectivity index (χ2v) is 9.83. The minimum atomic E-state index is -1.56. The smallest absolute Gasteiger partial charge is 0.303 e. The third-order valence-corrected chi connectivity index (χ3v) is 6.13. The van der Waals surface area contributed by atoms with Crippen molar-refractivity contribution in [2.24, 2.45) is 0 Å². The van der Waals surface area contributed by atoms with Crippen molar-refractivity contribution in [1.29, 1.82) is 0 Å². The van der Waals surface area contributed by atoms with Gasteiger partial charge in [-0.05, 0) is 27.7 Å². The maximum absolute atomic E-state index is 12.4. The molecule has 19 nitrogen and oxygen atoms in total. The standard InChI is InChI=1S/C28H46O19/c1-9-33-37-13-19-21(39-15(5)29)24(41-17(7)31)26(46-35-11-3)27(43-19)45-22-20(14-38-34-10-2)44-28(47-36-12-4)25(42-18(8)32)23(22)40-16(6)30/h19-28H,9-14H2,1-8H3. The van der Waals surface area contributed by atoms with Crippen LogP contribution in [0.25, 0.3) is 0 Å². The topological polar surface area (TPSA) is 207 Å². The molecule has 0 aromatic rings. The van der Waals surface area contributed by atoms with Crippen LogP contribution in [0.4, 0.5) is 0 Å². The molecule has 47 heavy (non-hydrogen) atoms. The molecule has 0 saturated carbocycles. The van der Waals surface area contributed by atoms with Crippen LogP contribution in [0.1, 0.15) is 55.4 Å². The molecule has 2 aliphatic heterocycles. The number of carbonyl (C=O) groups excluding carboxylic acids is 4. The van der Waals surface area contributed by atoms with Crippen molar-refractivity contribution >= 4 is 23.9 Å². The Labute approximate surface area is 272 Å². The van der Waals surface area contributed by atoms with Gasteiger partial charge in [0.2, 0.25) is 6.29 Å². The first-order valence-electron chi connectivity index (χ1n) is 15.2. The van der Waals surface area contributed by atoms with Crippen LogP contribution in [-0.2, 0) is 91.4 Å². The Morgan fingerprint density at radius 2 is 0.851 bits per heavy atom. The van der Waals surface area contributed by atoms with Crippen LogP contribution in [0, 0.1) is 0 Å². The summed E-state index contributed by atoms with van der Waals surface area (Å²) in [5, 5.41) is 0. The van der Waals surface area contributed by atoms with Crippen molar-refractivity contribution in [1.82, 2.24) is 0 Å². The molecule has 0 amide bonds. The zero-order chi connectivity index (χ0) is 34.9. The first-order chi connectivity index (χ1) is 22.5. The minimum Gasteiger partial charge on any atom is -0.456 e. The molecule has 2 rings (SSSR count). The monoisotopic (exact) mass is 686 g/mol. The highest BCUT2D eigenvalue weighted by Crippen LogP contribution is 2.35. The fourth-order valence-corrected chi connectivity index (χ4v) is 4.62. The lowest BCUT2D eigenvalue weighted by Crippen LogP contribution is -2.67. The molecule has 0 N–H and O–H groups in total. The first-order valence-corrected chi connectivity index (χ1v) is 15.2. The highest BCUT2D eigenvalue weighted by molar-refractivity contribution is 5.68. The lowest BCUT2D eigenvalue weighted by molar-refractivity contribution is -0.449. The van der Waals surface area contributed by atoms with E-state index in [9.17, 15) is 19.2 Å². The number of ether oxygens (including phenoxy) is 7. The van der Waals surface area contributed by atoms with E-state index in [1.54, 1.807) is 27.7 Å². The van der Waals surface area contributed by atoms with E-state index in [-0.39, 0.29) is 39.6 Å². The average molecular weight is 687 g/mol. The van der Waals surface area contributed by atoms with Gasteiger partial charge in [0.1, 0.15) is 31.5 Å². The van der Waals surface area contributed by atoms with Crippen molar-refractivity contribution in [2.75, 3.05) is 39.6 Å². The van der Waals surface area contributed by atoms with Crippen molar-refractivity contribution in [3.63, 3.8) is 0 Å². The highest BCUT2D eigenvalue weighted by Gasteiger charge is 2.57. The van der Waals surface area contributed by atoms with Crippen LogP contribution in [0.5, 0.6) is 0 Å². The van der Waals surface area contributed by atoms with Gasteiger partial charge >= 0.3 is 23.9 Å². The summed E-state index contributed by atoms with van der Waals surface area (Å²) in [4.78, 5) is 90.7. The summed E-state index contributed by atoms with van der Waals surface area (Å²) < 4.78 is 40.7. The summed E-state index contributed by atoms with van der Waals surface area (Å²) in [6.07, 6.45) is -13.8. The molecule has 2 aliphatic rings. The predicted molar refractivity (Wildman–Crippen MR) is 149 cm³/mol. The fourth-order valence-electron chi connectivity index (χ4n) is 4.62. The summed E-state index contributed by atoms with van der Waals surface area (Å²) in [5.74, 6) is -3.07. The average Bonchev–Trinajstić information content (AvgIpc) is 2.99. The molecule has 0 aromatic heterocycles. The van der Waals surface area contributed by atoms with Crippen LogP contribution in [-0.4, -0.2) is 125 Å². The first kappa shape index (κ1) is 40.6. The van der Waals surface area contributed by atoms with E-state index in [1.807, 2.05) is 0 Å². The van der Waals surface area contributed by atoms with E-state index in [1.165, 1.54) is 0 Å². The maximum Gasteiger partial charge on any atom is 0.303 e. The molecule has 2 saturated heterocycles. The van der Waals surface area contributed by atoms with E-state index in [0.29, 0.717) is 0 Å². The molecular formula is C28H46O19. The fraction of sp³-hybridized carbons (Fsp3) is 0.857. The van der Waals surface area contributed by atoms with Crippen molar-refractivity contribution < 1.29 is 91.4 Å². The van der Waals surface area contributed by atoms with Crippen LogP contribution < -0.4 is 0 Å². The Morgan fingerprint density at radius 1 is 0.447 bits per heavy atom. The zero-order valence-electron chi connectivity index (χ0n) is 27.8. The summed E-state index contributed by atoms with van der Waals surface area (Å²) in [6.45, 7) is 10.9. The molecule has 0 bridgehead atoms. The van der Waals surface area contributed by atoms with Crippen LogP contribution in [0.15, 0.2) is 0 Å². The second kappa shape index (κ2) is 21.4. The zero-order valence-corrected chi connectivity index (χ0v) is 27.8. The van der Waals surface area contributed by atoms with E-state index in [0.717, 1.165) is 27.7 Å². The van der Waals surface area contributed by atoms with E-state index < -0.39 is 85.3 Å². The molecule has 2 fully saturated rings. The summed E-state index contributed by atoms with van der Waals surface area (Å²) in [6, 6.07) is 0. The summed E-state index contributed by atoms with van der Waals surface area (Å²) >= 11 is 0. The third-order valence-electron chi connectivity index (χ3n) is 6.13. The van der Waals surface area contributed by atoms with Gasteiger partial charge in [-0.2, -0.15) is 0 Å². The normalized spacial score (nSPS) is 30.7. The lowest BCUT2D eigenvalue weighted by Gasteiger charge is -2.48. The molecule has 0 spiro atoms. The number of hydrogen-bond donors (Lipinski definition) is 0. The lowest BCUT2D eigenvalue weighted by atomic mass is 9.96. The van der Waals surface area contributed by atoms with Crippen LogP contribution in [0.3, 0.4) is 0 Å². The van der Waals surface area contributed by atoms with Gasteiger partial charge in [-0.1, -0.05) is 0 Å².